The van der Waals surface area contributed by atoms with Crippen LogP contribution in [0.4, 0.5) is 5.69 Å². The second-order valence-electron chi connectivity index (χ2n) is 4.29. The Morgan fingerprint density at radius 1 is 1.10 bits per heavy atom. The largest absolute Gasteiger partial charge is 0.481 e. The molecule has 0 fully saturated rings. The standard InChI is InChI=1S/C16H17NO2S/c1-12(19-14-6-4-3-5-7-14)16(18)17-13-8-10-15(20-2)11-9-13/h3-12H,1-2H3,(H,17,18). The van der Waals surface area contributed by atoms with Crippen molar-refractivity contribution < 1.29 is 9.53 Å². The summed E-state index contributed by atoms with van der Waals surface area (Å²) in [5.74, 6) is 0.527. The zero-order chi connectivity index (χ0) is 14.4. The SMILES string of the molecule is CSc1ccc(NC(=O)C(C)Oc2ccccc2)cc1. The van der Waals surface area contributed by atoms with Gasteiger partial charge in [-0.05, 0) is 49.6 Å². The fourth-order valence-electron chi connectivity index (χ4n) is 1.67. The van der Waals surface area contributed by atoms with Crippen LogP contribution >= 0.6 is 11.8 Å². The van der Waals surface area contributed by atoms with Crippen LogP contribution in [0.25, 0.3) is 0 Å². The topological polar surface area (TPSA) is 38.3 Å². The summed E-state index contributed by atoms with van der Waals surface area (Å²) in [4.78, 5) is 13.2. The van der Waals surface area contributed by atoms with E-state index in [9.17, 15) is 4.79 Å². The van der Waals surface area contributed by atoms with Crippen molar-refractivity contribution in [1.82, 2.24) is 0 Å². The van der Waals surface area contributed by atoms with Crippen LogP contribution in [-0.4, -0.2) is 18.3 Å². The lowest BCUT2D eigenvalue weighted by atomic mass is 10.3. The van der Waals surface area contributed by atoms with Crippen molar-refractivity contribution in [2.45, 2.75) is 17.9 Å². The first-order chi connectivity index (χ1) is 9.69. The number of ether oxygens (including phenoxy) is 1. The van der Waals surface area contributed by atoms with Crippen LogP contribution in [0.2, 0.25) is 0 Å². The summed E-state index contributed by atoms with van der Waals surface area (Å²) in [7, 11) is 0. The minimum atomic E-state index is -0.544. The van der Waals surface area contributed by atoms with Crippen molar-refractivity contribution in [2.75, 3.05) is 11.6 Å². The van der Waals surface area contributed by atoms with Crippen molar-refractivity contribution in [3.63, 3.8) is 0 Å². The molecule has 0 aromatic heterocycles. The van der Waals surface area contributed by atoms with Gasteiger partial charge in [-0.25, -0.2) is 0 Å². The van der Waals surface area contributed by atoms with Crippen LogP contribution in [-0.2, 0) is 4.79 Å². The summed E-state index contributed by atoms with van der Waals surface area (Å²) >= 11 is 1.67. The van der Waals surface area contributed by atoms with Gasteiger partial charge in [0.15, 0.2) is 6.10 Å². The molecule has 0 aliphatic heterocycles. The maximum atomic E-state index is 12.0. The minimum Gasteiger partial charge on any atom is -0.481 e. The van der Waals surface area contributed by atoms with E-state index in [1.54, 1.807) is 18.7 Å². The number of para-hydroxylation sites is 1. The normalized spacial score (nSPS) is 11.7. The lowest BCUT2D eigenvalue weighted by Gasteiger charge is -2.14. The predicted octanol–water partition coefficient (Wildman–Crippen LogP) is 3.81. The highest BCUT2D eigenvalue weighted by Crippen LogP contribution is 2.18. The molecule has 1 atom stereocenters. The molecule has 0 aliphatic carbocycles. The molecule has 0 radical (unpaired) electrons. The quantitative estimate of drug-likeness (QED) is 0.850. The summed E-state index contributed by atoms with van der Waals surface area (Å²) in [5.41, 5.74) is 0.774. The fraction of sp³-hybridized carbons (Fsp3) is 0.188. The number of carbonyl (C=O) groups excluding carboxylic acids is 1. The molecule has 0 heterocycles. The van der Waals surface area contributed by atoms with Gasteiger partial charge in [0.1, 0.15) is 5.75 Å². The molecule has 20 heavy (non-hydrogen) atoms. The number of hydrogen-bond donors (Lipinski definition) is 1. The van der Waals surface area contributed by atoms with Gasteiger partial charge in [-0.3, -0.25) is 4.79 Å². The molecular weight excluding hydrogens is 270 g/mol. The lowest BCUT2D eigenvalue weighted by Crippen LogP contribution is -2.30. The molecule has 0 saturated heterocycles. The Kier molecular flexibility index (Phi) is 5.07. The van der Waals surface area contributed by atoms with Gasteiger partial charge < -0.3 is 10.1 Å². The molecule has 4 heteroatoms. The van der Waals surface area contributed by atoms with E-state index in [-0.39, 0.29) is 5.91 Å². The Hall–Kier alpha value is -1.94. The highest BCUT2D eigenvalue weighted by molar-refractivity contribution is 7.98. The molecule has 2 aromatic rings. The first kappa shape index (κ1) is 14.5. The predicted molar refractivity (Wildman–Crippen MR) is 83.4 cm³/mol. The van der Waals surface area contributed by atoms with Crippen molar-refractivity contribution in [3.8, 4) is 5.75 Å². The molecule has 1 N–H and O–H groups in total. The smallest absolute Gasteiger partial charge is 0.265 e. The molecule has 1 amide bonds. The van der Waals surface area contributed by atoms with Crippen molar-refractivity contribution >= 4 is 23.4 Å². The number of nitrogens with one attached hydrogen (secondary N) is 1. The third-order valence-electron chi connectivity index (χ3n) is 2.78. The molecule has 0 spiro atoms. The van der Waals surface area contributed by atoms with Crippen LogP contribution in [0.5, 0.6) is 5.75 Å². The van der Waals surface area contributed by atoms with Gasteiger partial charge in [0.2, 0.25) is 0 Å². The van der Waals surface area contributed by atoms with Gasteiger partial charge in [-0.15, -0.1) is 11.8 Å². The van der Waals surface area contributed by atoms with E-state index in [4.69, 9.17) is 4.74 Å². The summed E-state index contributed by atoms with van der Waals surface area (Å²) in [5, 5.41) is 2.84. The average molecular weight is 287 g/mol. The number of thioether (sulfide) groups is 1. The highest BCUT2D eigenvalue weighted by atomic mass is 32.2. The molecule has 2 aromatic carbocycles. The fourth-order valence-corrected chi connectivity index (χ4v) is 2.08. The second kappa shape index (κ2) is 7.01. The minimum absolute atomic E-state index is 0.161. The summed E-state index contributed by atoms with van der Waals surface area (Å²) in [6, 6.07) is 17.0. The maximum absolute atomic E-state index is 12.0. The molecular formula is C16H17NO2S. The van der Waals surface area contributed by atoms with Crippen molar-refractivity contribution in [1.29, 1.82) is 0 Å². The van der Waals surface area contributed by atoms with Crippen LogP contribution in [0, 0.1) is 0 Å². The zero-order valence-corrected chi connectivity index (χ0v) is 12.3. The summed E-state index contributed by atoms with van der Waals surface area (Å²) in [6.07, 6.45) is 1.47. The first-order valence-corrected chi connectivity index (χ1v) is 7.58. The molecule has 0 saturated carbocycles. The lowest BCUT2D eigenvalue weighted by molar-refractivity contribution is -0.122. The molecule has 2 rings (SSSR count). The Balaban J connectivity index is 1.93. The average Bonchev–Trinajstić information content (AvgIpc) is 2.49. The molecule has 0 bridgehead atoms. The van der Waals surface area contributed by atoms with Crippen LogP contribution in [0.1, 0.15) is 6.92 Å². The number of rotatable bonds is 5. The van der Waals surface area contributed by atoms with E-state index in [0.717, 1.165) is 10.6 Å². The van der Waals surface area contributed by atoms with E-state index in [0.29, 0.717) is 5.75 Å². The first-order valence-electron chi connectivity index (χ1n) is 6.35. The second-order valence-corrected chi connectivity index (χ2v) is 5.17. The van der Waals surface area contributed by atoms with E-state index in [1.165, 1.54) is 0 Å². The highest BCUT2D eigenvalue weighted by Gasteiger charge is 2.14. The van der Waals surface area contributed by atoms with E-state index < -0.39 is 6.10 Å². The third-order valence-corrected chi connectivity index (χ3v) is 3.53. The Morgan fingerprint density at radius 2 is 1.75 bits per heavy atom. The number of carbonyl (C=O) groups is 1. The summed E-state index contributed by atoms with van der Waals surface area (Å²) in [6.45, 7) is 1.73. The Bertz CT molecular complexity index is 554. The number of benzene rings is 2. The van der Waals surface area contributed by atoms with E-state index in [1.807, 2.05) is 60.9 Å². The van der Waals surface area contributed by atoms with Crippen LogP contribution in [0.15, 0.2) is 59.5 Å². The van der Waals surface area contributed by atoms with Crippen LogP contribution in [0.3, 0.4) is 0 Å². The van der Waals surface area contributed by atoms with Gasteiger partial charge in [0, 0.05) is 10.6 Å². The van der Waals surface area contributed by atoms with E-state index in [2.05, 4.69) is 5.32 Å². The number of hydrogen-bond acceptors (Lipinski definition) is 3. The van der Waals surface area contributed by atoms with Crippen LogP contribution < -0.4 is 10.1 Å². The van der Waals surface area contributed by atoms with Crippen molar-refractivity contribution in [2.24, 2.45) is 0 Å². The van der Waals surface area contributed by atoms with Gasteiger partial charge in [-0.2, -0.15) is 0 Å². The third kappa shape index (κ3) is 4.03. The van der Waals surface area contributed by atoms with Gasteiger partial charge in [-0.1, -0.05) is 18.2 Å². The number of anilines is 1. The van der Waals surface area contributed by atoms with Crippen molar-refractivity contribution in [3.05, 3.63) is 54.6 Å². The molecule has 3 nitrogen and oxygen atoms in total. The summed E-state index contributed by atoms with van der Waals surface area (Å²) < 4.78 is 5.58. The Labute approximate surface area is 123 Å². The zero-order valence-electron chi connectivity index (χ0n) is 11.5. The van der Waals surface area contributed by atoms with Gasteiger partial charge in [0.25, 0.3) is 5.91 Å². The molecule has 0 aliphatic rings. The van der Waals surface area contributed by atoms with Gasteiger partial charge >= 0.3 is 0 Å². The molecule has 104 valence electrons. The number of amides is 1. The van der Waals surface area contributed by atoms with Gasteiger partial charge in [0.05, 0.1) is 0 Å². The Morgan fingerprint density at radius 3 is 2.35 bits per heavy atom. The van der Waals surface area contributed by atoms with E-state index >= 15 is 0 Å². The monoisotopic (exact) mass is 287 g/mol. The molecule has 1 unspecified atom stereocenters. The maximum Gasteiger partial charge on any atom is 0.265 e.